The van der Waals surface area contributed by atoms with Crippen LogP contribution in [0.15, 0.2) is 84.9 Å². The molecule has 136 valence electrons. The minimum atomic E-state index is -2.82. The maximum Gasteiger partial charge on any atom is 0.223 e. The lowest BCUT2D eigenvalue weighted by atomic mass is 10.0. The third-order valence-corrected chi connectivity index (χ3v) is 8.49. The highest BCUT2D eigenvalue weighted by Crippen LogP contribution is 2.50. The Hall–Kier alpha value is -2.64. The molecule has 3 aromatic rings. The zero-order valence-electron chi connectivity index (χ0n) is 15.3. The first-order valence-corrected chi connectivity index (χ1v) is 11.1. The van der Waals surface area contributed by atoms with E-state index in [-0.39, 0.29) is 11.8 Å². The molecule has 1 aliphatic rings. The predicted molar refractivity (Wildman–Crippen MR) is 112 cm³/mol. The van der Waals surface area contributed by atoms with Crippen molar-refractivity contribution in [3.05, 3.63) is 90.5 Å². The zero-order chi connectivity index (χ0) is 18.9. The van der Waals surface area contributed by atoms with Crippen molar-refractivity contribution in [1.29, 1.82) is 0 Å². The lowest BCUT2D eigenvalue weighted by Crippen LogP contribution is -2.29. The van der Waals surface area contributed by atoms with E-state index in [1.807, 2.05) is 78.9 Å². The lowest BCUT2D eigenvalue weighted by Gasteiger charge is -2.23. The van der Waals surface area contributed by atoms with Crippen LogP contribution < -0.4 is 15.5 Å². The molecule has 0 saturated carbocycles. The van der Waals surface area contributed by atoms with Gasteiger partial charge in [0.05, 0.1) is 0 Å². The Labute approximate surface area is 160 Å². The number of rotatable bonds is 4. The maximum absolute atomic E-state index is 14.4. The summed E-state index contributed by atoms with van der Waals surface area (Å²) in [5.74, 6) is 0.0792. The summed E-state index contributed by atoms with van der Waals surface area (Å²) in [5.41, 5.74) is 2.06. The number of hydrogen-bond acceptors (Lipinski definition) is 2. The molecule has 3 nitrogen and oxygen atoms in total. The van der Waals surface area contributed by atoms with E-state index in [0.29, 0.717) is 12.7 Å². The Bertz CT molecular complexity index is 958. The number of amides is 1. The van der Waals surface area contributed by atoms with Crippen LogP contribution in [0.25, 0.3) is 0 Å². The van der Waals surface area contributed by atoms with Crippen molar-refractivity contribution in [3.63, 3.8) is 0 Å². The first-order chi connectivity index (χ1) is 13.1. The van der Waals surface area contributed by atoms with Gasteiger partial charge in [0.15, 0.2) is 0 Å². The van der Waals surface area contributed by atoms with Crippen LogP contribution in [0.2, 0.25) is 0 Å². The van der Waals surface area contributed by atoms with Gasteiger partial charge in [-0.3, -0.25) is 4.79 Å². The van der Waals surface area contributed by atoms with Crippen molar-refractivity contribution in [2.24, 2.45) is 0 Å². The van der Waals surface area contributed by atoms with Crippen LogP contribution in [0.3, 0.4) is 0 Å². The smallest absolute Gasteiger partial charge is 0.223 e. The van der Waals surface area contributed by atoms with Gasteiger partial charge in [-0.05, 0) is 11.6 Å². The summed E-state index contributed by atoms with van der Waals surface area (Å²) in [5, 5.41) is 1.74. The summed E-state index contributed by atoms with van der Waals surface area (Å²) in [6, 6.07) is 27.5. The first kappa shape index (κ1) is 17.8. The molecule has 1 amide bonds. The van der Waals surface area contributed by atoms with Crippen molar-refractivity contribution in [2.75, 3.05) is 17.6 Å². The maximum atomic E-state index is 14.4. The molecule has 0 saturated heterocycles. The van der Waals surface area contributed by atoms with Crippen LogP contribution in [0.5, 0.6) is 0 Å². The van der Waals surface area contributed by atoms with Crippen molar-refractivity contribution in [1.82, 2.24) is 0 Å². The zero-order valence-corrected chi connectivity index (χ0v) is 16.2. The van der Waals surface area contributed by atoms with E-state index >= 15 is 0 Å². The molecule has 27 heavy (non-hydrogen) atoms. The van der Waals surface area contributed by atoms with Gasteiger partial charge >= 0.3 is 0 Å². The average Bonchev–Trinajstić information content (AvgIpc) is 3.08. The van der Waals surface area contributed by atoms with E-state index in [2.05, 4.69) is 6.07 Å². The standard InChI is InChI=1S/C23H22NO2P/c1-18(25)24-16-19(22-14-8-9-15-23(22)24)17-27(26,20-10-4-2-5-11-20)21-12-6-3-7-13-21/h2-15,19H,16-17H2,1H3. The van der Waals surface area contributed by atoms with Gasteiger partial charge < -0.3 is 9.46 Å². The second-order valence-corrected chi connectivity index (χ2v) is 9.86. The molecule has 0 aromatic heterocycles. The highest BCUT2D eigenvalue weighted by atomic mass is 31.2. The Morgan fingerprint density at radius 2 is 1.41 bits per heavy atom. The number of carbonyl (C=O) groups is 1. The van der Waals surface area contributed by atoms with Crippen LogP contribution in [-0.2, 0) is 9.36 Å². The van der Waals surface area contributed by atoms with Gasteiger partial charge in [0.1, 0.15) is 7.14 Å². The van der Waals surface area contributed by atoms with Crippen LogP contribution in [0.1, 0.15) is 18.4 Å². The third kappa shape index (κ3) is 3.24. The van der Waals surface area contributed by atoms with E-state index in [1.54, 1.807) is 11.8 Å². The van der Waals surface area contributed by atoms with E-state index in [0.717, 1.165) is 21.9 Å². The van der Waals surface area contributed by atoms with Gasteiger partial charge in [-0.25, -0.2) is 0 Å². The van der Waals surface area contributed by atoms with Gasteiger partial charge in [0.2, 0.25) is 5.91 Å². The minimum Gasteiger partial charge on any atom is -0.314 e. The highest BCUT2D eigenvalue weighted by Gasteiger charge is 2.37. The minimum absolute atomic E-state index is 0.0270. The summed E-state index contributed by atoms with van der Waals surface area (Å²) in [6.07, 6.45) is 0.516. The van der Waals surface area contributed by atoms with Gasteiger partial charge in [0.25, 0.3) is 0 Å². The van der Waals surface area contributed by atoms with Crippen LogP contribution in [0, 0.1) is 0 Å². The van der Waals surface area contributed by atoms with Crippen molar-refractivity contribution < 1.29 is 9.36 Å². The molecule has 0 radical (unpaired) electrons. The number of fused-ring (bicyclic) bond motifs is 1. The van der Waals surface area contributed by atoms with Crippen molar-refractivity contribution in [2.45, 2.75) is 12.8 Å². The molecule has 1 atom stereocenters. The fraction of sp³-hybridized carbons (Fsp3) is 0.174. The summed E-state index contributed by atoms with van der Waals surface area (Å²) < 4.78 is 14.4. The van der Waals surface area contributed by atoms with Crippen molar-refractivity contribution in [3.8, 4) is 0 Å². The monoisotopic (exact) mass is 375 g/mol. The summed E-state index contributed by atoms with van der Waals surface area (Å²) in [6.45, 7) is 2.17. The van der Waals surface area contributed by atoms with E-state index < -0.39 is 7.14 Å². The number of para-hydroxylation sites is 1. The third-order valence-electron chi connectivity index (χ3n) is 5.27. The average molecular weight is 375 g/mol. The second kappa shape index (κ2) is 7.17. The first-order valence-electron chi connectivity index (χ1n) is 9.17. The molecule has 1 unspecified atom stereocenters. The topological polar surface area (TPSA) is 37.4 Å². The van der Waals surface area contributed by atoms with Crippen LogP contribution in [-0.4, -0.2) is 18.6 Å². The molecule has 1 heterocycles. The van der Waals surface area contributed by atoms with Gasteiger partial charge in [-0.2, -0.15) is 0 Å². The quantitative estimate of drug-likeness (QED) is 0.643. The predicted octanol–water partition coefficient (Wildman–Crippen LogP) is 4.15. The Kier molecular flexibility index (Phi) is 4.72. The molecular formula is C23H22NO2P. The summed E-state index contributed by atoms with van der Waals surface area (Å²) >= 11 is 0. The number of anilines is 1. The molecule has 0 N–H and O–H groups in total. The van der Waals surface area contributed by atoms with Crippen molar-refractivity contribution >= 4 is 29.3 Å². The largest absolute Gasteiger partial charge is 0.314 e. The van der Waals surface area contributed by atoms with Gasteiger partial charge in [0, 0.05) is 41.8 Å². The van der Waals surface area contributed by atoms with Crippen LogP contribution >= 0.6 is 7.14 Å². The fourth-order valence-corrected chi connectivity index (χ4v) is 6.92. The molecule has 4 rings (SSSR count). The fourth-order valence-electron chi connectivity index (χ4n) is 3.96. The van der Waals surface area contributed by atoms with Crippen LogP contribution in [0.4, 0.5) is 5.69 Å². The normalized spacial score (nSPS) is 16.2. The summed E-state index contributed by atoms with van der Waals surface area (Å²) in [7, 11) is -2.82. The Morgan fingerprint density at radius 3 is 1.96 bits per heavy atom. The molecule has 1 aliphatic heterocycles. The Morgan fingerprint density at radius 1 is 0.889 bits per heavy atom. The molecule has 0 fully saturated rings. The molecule has 3 aromatic carbocycles. The Balaban J connectivity index is 1.78. The number of carbonyl (C=O) groups excluding carboxylic acids is 1. The van der Waals surface area contributed by atoms with E-state index in [4.69, 9.17) is 0 Å². The SMILES string of the molecule is CC(=O)N1CC(CP(=O)(c2ccccc2)c2ccccc2)c2ccccc21. The highest BCUT2D eigenvalue weighted by molar-refractivity contribution is 7.78. The van der Waals surface area contributed by atoms with Gasteiger partial charge in [-0.1, -0.05) is 78.9 Å². The molecular weight excluding hydrogens is 353 g/mol. The lowest BCUT2D eigenvalue weighted by molar-refractivity contribution is -0.116. The molecule has 4 heteroatoms. The number of benzene rings is 3. The molecule has 0 spiro atoms. The second-order valence-electron chi connectivity index (χ2n) is 6.98. The van der Waals surface area contributed by atoms with E-state index in [1.165, 1.54) is 0 Å². The molecule has 0 bridgehead atoms. The van der Waals surface area contributed by atoms with Gasteiger partial charge in [-0.15, -0.1) is 0 Å². The number of nitrogens with zero attached hydrogens (tertiary/aromatic N) is 1. The summed E-state index contributed by atoms with van der Waals surface area (Å²) in [4.78, 5) is 13.9. The molecule has 0 aliphatic carbocycles. The van der Waals surface area contributed by atoms with E-state index in [9.17, 15) is 9.36 Å². The number of hydrogen-bond donors (Lipinski definition) is 0.